The van der Waals surface area contributed by atoms with Crippen LogP contribution in [-0.4, -0.2) is 55.6 Å². The molecule has 1 heterocycles. The molecule has 5 heteroatoms. The van der Waals surface area contributed by atoms with Gasteiger partial charge in [-0.3, -0.25) is 4.79 Å². The zero-order valence-electron chi connectivity index (χ0n) is 10.2. The van der Waals surface area contributed by atoms with Crippen LogP contribution in [0.5, 0.6) is 0 Å². The van der Waals surface area contributed by atoms with Crippen molar-refractivity contribution in [1.82, 2.24) is 9.80 Å². The molecule has 1 fully saturated rings. The van der Waals surface area contributed by atoms with E-state index in [0.29, 0.717) is 6.54 Å². The predicted molar refractivity (Wildman–Crippen MR) is 60.0 cm³/mol. The second-order valence-electron chi connectivity index (χ2n) is 4.28. The fourth-order valence-electron chi connectivity index (χ4n) is 1.91. The number of rotatable bonds is 3. The first-order valence-electron chi connectivity index (χ1n) is 5.64. The summed E-state index contributed by atoms with van der Waals surface area (Å²) in [6.45, 7) is 3.83. The van der Waals surface area contributed by atoms with E-state index in [4.69, 9.17) is 0 Å². The monoisotopic (exact) mass is 228 g/mol. The van der Waals surface area contributed by atoms with Gasteiger partial charge in [0.15, 0.2) is 0 Å². The van der Waals surface area contributed by atoms with E-state index in [2.05, 4.69) is 4.74 Å². The first-order valence-corrected chi connectivity index (χ1v) is 5.64. The number of hydrogen-bond acceptors (Lipinski definition) is 3. The molecule has 0 N–H and O–H groups in total. The maximum absolute atomic E-state index is 11.9. The highest BCUT2D eigenvalue weighted by Crippen LogP contribution is 2.11. The summed E-state index contributed by atoms with van der Waals surface area (Å²) in [7, 11) is 3.08. The number of nitrogens with zero attached hydrogens (tertiary/aromatic N) is 2. The highest BCUT2D eigenvalue weighted by Gasteiger charge is 2.24. The average molecular weight is 228 g/mol. The van der Waals surface area contributed by atoms with Crippen molar-refractivity contribution >= 4 is 12.0 Å². The summed E-state index contributed by atoms with van der Waals surface area (Å²) >= 11 is 0. The fraction of sp³-hybridized carbons (Fsp3) is 0.818. The van der Waals surface area contributed by atoms with Crippen molar-refractivity contribution in [1.29, 1.82) is 0 Å². The lowest BCUT2D eigenvalue weighted by Crippen LogP contribution is -2.42. The zero-order valence-corrected chi connectivity index (χ0v) is 10.2. The van der Waals surface area contributed by atoms with Crippen molar-refractivity contribution in [3.05, 3.63) is 0 Å². The third kappa shape index (κ3) is 3.12. The maximum atomic E-state index is 11.9. The van der Waals surface area contributed by atoms with Crippen LogP contribution in [0.3, 0.4) is 0 Å². The van der Waals surface area contributed by atoms with E-state index in [1.54, 1.807) is 18.9 Å². The van der Waals surface area contributed by atoms with Crippen LogP contribution >= 0.6 is 0 Å². The molecule has 0 bridgehead atoms. The predicted octanol–water partition coefficient (Wildman–Crippen LogP) is 0.943. The molecule has 1 saturated heterocycles. The molecule has 0 aliphatic carbocycles. The van der Waals surface area contributed by atoms with Gasteiger partial charge in [0.25, 0.3) is 0 Å². The number of carbonyl (C=O) groups is 2. The van der Waals surface area contributed by atoms with Crippen LogP contribution in [0.15, 0.2) is 0 Å². The molecule has 1 rings (SSSR count). The standard InChI is InChI=1S/C11H20N2O3/c1-9(10(14)16-3)8-12(2)11(15)13-6-4-5-7-13/h9H,4-8H2,1-3H3. The summed E-state index contributed by atoms with van der Waals surface area (Å²) in [5.74, 6) is -0.553. The normalized spacial score (nSPS) is 17.1. The molecule has 16 heavy (non-hydrogen) atoms. The second-order valence-corrected chi connectivity index (χ2v) is 4.28. The molecule has 0 radical (unpaired) electrons. The van der Waals surface area contributed by atoms with E-state index >= 15 is 0 Å². The van der Waals surface area contributed by atoms with Crippen molar-refractivity contribution in [2.45, 2.75) is 19.8 Å². The summed E-state index contributed by atoms with van der Waals surface area (Å²) in [5, 5.41) is 0. The van der Waals surface area contributed by atoms with Gasteiger partial charge in [0.1, 0.15) is 0 Å². The summed E-state index contributed by atoms with van der Waals surface area (Å²) in [4.78, 5) is 26.5. The zero-order chi connectivity index (χ0) is 12.1. The first-order chi connectivity index (χ1) is 7.56. The van der Waals surface area contributed by atoms with Gasteiger partial charge < -0.3 is 14.5 Å². The highest BCUT2D eigenvalue weighted by molar-refractivity contribution is 5.76. The molecule has 1 aliphatic rings. The number of ether oxygens (including phenoxy) is 1. The third-order valence-corrected chi connectivity index (χ3v) is 2.85. The molecule has 1 atom stereocenters. The topological polar surface area (TPSA) is 49.9 Å². The van der Waals surface area contributed by atoms with Gasteiger partial charge >= 0.3 is 12.0 Å². The Morgan fingerprint density at radius 1 is 1.38 bits per heavy atom. The molecular formula is C11H20N2O3. The number of urea groups is 1. The first kappa shape index (κ1) is 12.8. The molecule has 92 valence electrons. The van der Waals surface area contributed by atoms with Crippen LogP contribution in [0, 0.1) is 5.92 Å². The van der Waals surface area contributed by atoms with E-state index in [0.717, 1.165) is 25.9 Å². The van der Waals surface area contributed by atoms with Gasteiger partial charge in [-0.15, -0.1) is 0 Å². The summed E-state index contributed by atoms with van der Waals surface area (Å²) < 4.78 is 4.63. The van der Waals surface area contributed by atoms with Crippen LogP contribution < -0.4 is 0 Å². The van der Waals surface area contributed by atoms with Crippen molar-refractivity contribution in [2.24, 2.45) is 5.92 Å². The Morgan fingerprint density at radius 3 is 2.44 bits per heavy atom. The smallest absolute Gasteiger partial charge is 0.319 e. The second kappa shape index (κ2) is 5.72. The minimum absolute atomic E-state index is 0.00764. The summed E-state index contributed by atoms with van der Waals surface area (Å²) in [6.07, 6.45) is 2.15. The molecule has 1 aliphatic heterocycles. The van der Waals surface area contributed by atoms with Crippen LogP contribution in [-0.2, 0) is 9.53 Å². The molecular weight excluding hydrogens is 208 g/mol. The average Bonchev–Trinajstić information content (AvgIpc) is 2.79. The Hall–Kier alpha value is -1.26. The van der Waals surface area contributed by atoms with E-state index in [1.165, 1.54) is 7.11 Å². The van der Waals surface area contributed by atoms with Crippen LogP contribution in [0.1, 0.15) is 19.8 Å². The SMILES string of the molecule is COC(=O)C(C)CN(C)C(=O)N1CCCC1. The Kier molecular flexibility index (Phi) is 4.58. The lowest BCUT2D eigenvalue weighted by Gasteiger charge is -2.25. The third-order valence-electron chi connectivity index (χ3n) is 2.85. The van der Waals surface area contributed by atoms with Gasteiger partial charge in [-0.05, 0) is 12.8 Å². The number of esters is 1. The molecule has 0 aromatic rings. The maximum Gasteiger partial charge on any atom is 0.319 e. The minimum atomic E-state index is -0.277. The van der Waals surface area contributed by atoms with Crippen molar-refractivity contribution in [3.8, 4) is 0 Å². The summed E-state index contributed by atoms with van der Waals surface area (Å²) in [6, 6.07) is 0.00764. The highest BCUT2D eigenvalue weighted by atomic mass is 16.5. The van der Waals surface area contributed by atoms with Crippen LogP contribution in [0.2, 0.25) is 0 Å². The van der Waals surface area contributed by atoms with Gasteiger partial charge in [-0.25, -0.2) is 4.79 Å². The molecule has 0 spiro atoms. The van der Waals surface area contributed by atoms with E-state index in [9.17, 15) is 9.59 Å². The van der Waals surface area contributed by atoms with Crippen LogP contribution in [0.4, 0.5) is 4.79 Å². The quantitative estimate of drug-likeness (QED) is 0.676. The van der Waals surface area contributed by atoms with E-state index in [-0.39, 0.29) is 17.9 Å². The Labute approximate surface area is 96.3 Å². The number of amides is 2. The minimum Gasteiger partial charge on any atom is -0.469 e. The van der Waals surface area contributed by atoms with E-state index in [1.807, 2.05) is 4.90 Å². The number of likely N-dealkylation sites (tertiary alicyclic amines) is 1. The molecule has 0 saturated carbocycles. The van der Waals surface area contributed by atoms with Crippen molar-refractivity contribution in [2.75, 3.05) is 33.8 Å². The Balaban J connectivity index is 2.41. The number of carbonyl (C=O) groups excluding carboxylic acids is 2. The van der Waals surface area contributed by atoms with Gasteiger partial charge in [-0.1, -0.05) is 6.92 Å². The van der Waals surface area contributed by atoms with Crippen molar-refractivity contribution < 1.29 is 14.3 Å². The van der Waals surface area contributed by atoms with Gasteiger partial charge in [0, 0.05) is 26.7 Å². The lowest BCUT2D eigenvalue weighted by molar-refractivity contribution is -0.145. The van der Waals surface area contributed by atoms with Gasteiger partial charge in [-0.2, -0.15) is 0 Å². The molecule has 1 unspecified atom stereocenters. The van der Waals surface area contributed by atoms with Gasteiger partial charge in [0.05, 0.1) is 13.0 Å². The molecule has 0 aromatic carbocycles. The fourth-order valence-corrected chi connectivity index (χ4v) is 1.91. The largest absolute Gasteiger partial charge is 0.469 e. The molecule has 5 nitrogen and oxygen atoms in total. The Bertz CT molecular complexity index is 262. The lowest BCUT2D eigenvalue weighted by atomic mass is 10.2. The van der Waals surface area contributed by atoms with Gasteiger partial charge in [0.2, 0.25) is 0 Å². The molecule has 2 amide bonds. The summed E-state index contributed by atoms with van der Waals surface area (Å²) in [5.41, 5.74) is 0. The number of methoxy groups -OCH3 is 1. The Morgan fingerprint density at radius 2 is 1.94 bits per heavy atom. The van der Waals surface area contributed by atoms with Crippen LogP contribution in [0.25, 0.3) is 0 Å². The van der Waals surface area contributed by atoms with Crippen molar-refractivity contribution in [3.63, 3.8) is 0 Å². The molecule has 0 aromatic heterocycles. The number of hydrogen-bond donors (Lipinski definition) is 0. The van der Waals surface area contributed by atoms with E-state index < -0.39 is 0 Å².